The summed E-state index contributed by atoms with van der Waals surface area (Å²) in [7, 11) is 0. The van der Waals surface area contributed by atoms with Crippen molar-refractivity contribution in [2.75, 3.05) is 0 Å². The average molecular weight is 330 g/mol. The first-order valence-electron chi connectivity index (χ1n) is 4.17. The third-order valence-electron chi connectivity index (χ3n) is 1.73. The van der Waals surface area contributed by atoms with Crippen LogP contribution in [0, 0.1) is 0 Å². The van der Waals surface area contributed by atoms with Crippen molar-refractivity contribution in [1.82, 2.24) is 4.90 Å². The summed E-state index contributed by atoms with van der Waals surface area (Å²) in [6.45, 7) is 0. The highest BCUT2D eigenvalue weighted by Gasteiger charge is 2.57. The highest BCUT2D eigenvalue weighted by atomic mass is 35.5. The van der Waals surface area contributed by atoms with Gasteiger partial charge in [0.1, 0.15) is 0 Å². The standard InChI is InChI=1S/C9H5F6NO.2ClH/c10-8(11,12)16(9(13,14)15)7(17)6-4-2-1-3-5-6;;/h1-5H;2*1H. The third kappa shape index (κ3) is 5.15. The summed E-state index contributed by atoms with van der Waals surface area (Å²) in [6, 6.07) is 5.43. The summed E-state index contributed by atoms with van der Waals surface area (Å²) < 4.78 is 72.8. The zero-order chi connectivity index (χ0) is 13.3. The van der Waals surface area contributed by atoms with E-state index >= 15 is 0 Å². The van der Waals surface area contributed by atoms with Crippen molar-refractivity contribution in [1.29, 1.82) is 0 Å². The van der Waals surface area contributed by atoms with Crippen LogP contribution in [-0.2, 0) is 0 Å². The summed E-state index contributed by atoms with van der Waals surface area (Å²) in [4.78, 5) is 9.06. The largest absolute Gasteiger partial charge is 0.494 e. The average Bonchev–Trinajstić information content (AvgIpc) is 2.14. The number of carbonyl (C=O) groups is 1. The number of hydrogen-bond acceptors (Lipinski definition) is 1. The molecule has 0 unspecified atom stereocenters. The van der Waals surface area contributed by atoms with E-state index < -0.39 is 29.0 Å². The zero-order valence-electron chi connectivity index (χ0n) is 8.83. The van der Waals surface area contributed by atoms with Gasteiger partial charge in [0.25, 0.3) is 5.91 Å². The van der Waals surface area contributed by atoms with Gasteiger partial charge in [-0.15, -0.1) is 51.2 Å². The highest BCUT2D eigenvalue weighted by Crippen LogP contribution is 2.34. The molecule has 0 aliphatic rings. The molecule has 0 saturated heterocycles. The molecule has 0 aliphatic carbocycles. The Morgan fingerprint density at radius 3 is 1.53 bits per heavy atom. The minimum absolute atomic E-state index is 0. The highest BCUT2D eigenvalue weighted by molar-refractivity contribution is 5.94. The Kier molecular flexibility index (Phi) is 7.28. The molecule has 110 valence electrons. The molecule has 0 bridgehead atoms. The molecule has 0 atom stereocenters. The molecule has 10 heteroatoms. The van der Waals surface area contributed by atoms with Crippen LogP contribution >= 0.6 is 24.8 Å². The van der Waals surface area contributed by atoms with Crippen molar-refractivity contribution in [3.8, 4) is 0 Å². The fourth-order valence-corrected chi connectivity index (χ4v) is 1.08. The molecule has 0 radical (unpaired) electrons. The zero-order valence-corrected chi connectivity index (χ0v) is 10.5. The van der Waals surface area contributed by atoms with Crippen molar-refractivity contribution in [2.45, 2.75) is 12.6 Å². The van der Waals surface area contributed by atoms with Crippen LogP contribution in [0.4, 0.5) is 26.3 Å². The normalized spacial score (nSPS) is 11.1. The van der Waals surface area contributed by atoms with Gasteiger partial charge in [0.2, 0.25) is 0 Å². The van der Waals surface area contributed by atoms with E-state index in [1.54, 1.807) is 0 Å². The number of nitrogens with zero attached hydrogens (tertiary/aromatic N) is 1. The number of amides is 1. The lowest BCUT2D eigenvalue weighted by Crippen LogP contribution is -2.51. The van der Waals surface area contributed by atoms with Gasteiger partial charge in [-0.3, -0.25) is 4.79 Å². The van der Waals surface area contributed by atoms with Crippen LogP contribution < -0.4 is 0 Å². The molecule has 19 heavy (non-hydrogen) atoms. The van der Waals surface area contributed by atoms with E-state index in [4.69, 9.17) is 0 Å². The minimum atomic E-state index is -5.81. The number of halogens is 8. The van der Waals surface area contributed by atoms with Crippen LogP contribution in [0.2, 0.25) is 0 Å². The minimum Gasteiger partial charge on any atom is -0.269 e. The summed E-state index contributed by atoms with van der Waals surface area (Å²) in [5, 5.41) is 0. The van der Waals surface area contributed by atoms with E-state index in [1.807, 2.05) is 0 Å². The molecule has 0 N–H and O–H groups in total. The SMILES string of the molecule is Cl.Cl.O=C(c1ccccc1)N(C(F)(F)F)C(F)(F)F. The van der Waals surface area contributed by atoms with Gasteiger partial charge in [0.15, 0.2) is 0 Å². The number of benzene rings is 1. The Morgan fingerprint density at radius 2 is 1.21 bits per heavy atom. The molecule has 1 rings (SSSR count). The van der Waals surface area contributed by atoms with Crippen LogP contribution in [0.3, 0.4) is 0 Å². The first-order chi connectivity index (χ1) is 7.64. The van der Waals surface area contributed by atoms with Crippen molar-refractivity contribution in [3.63, 3.8) is 0 Å². The van der Waals surface area contributed by atoms with E-state index in [1.165, 1.54) is 6.07 Å². The topological polar surface area (TPSA) is 20.3 Å². The molecule has 0 heterocycles. The van der Waals surface area contributed by atoms with E-state index in [2.05, 4.69) is 0 Å². The van der Waals surface area contributed by atoms with Gasteiger partial charge in [0, 0.05) is 5.56 Å². The second kappa shape index (κ2) is 6.85. The second-order valence-electron chi connectivity index (χ2n) is 2.94. The third-order valence-corrected chi connectivity index (χ3v) is 1.73. The monoisotopic (exact) mass is 329 g/mol. The number of carbonyl (C=O) groups excluding carboxylic acids is 1. The fourth-order valence-electron chi connectivity index (χ4n) is 1.08. The predicted octanol–water partition coefficient (Wildman–Crippen LogP) is 4.01. The number of hydrogen-bond donors (Lipinski definition) is 0. The predicted molar refractivity (Wildman–Crippen MR) is 59.2 cm³/mol. The van der Waals surface area contributed by atoms with Crippen LogP contribution in [0.25, 0.3) is 0 Å². The molecule has 0 aromatic heterocycles. The lowest BCUT2D eigenvalue weighted by molar-refractivity contribution is -0.348. The Morgan fingerprint density at radius 1 is 0.842 bits per heavy atom. The summed E-state index contributed by atoms with van der Waals surface area (Å²) >= 11 is 0. The van der Waals surface area contributed by atoms with Gasteiger partial charge in [0.05, 0.1) is 0 Å². The van der Waals surface area contributed by atoms with E-state index in [0.29, 0.717) is 0 Å². The smallest absolute Gasteiger partial charge is 0.269 e. The van der Waals surface area contributed by atoms with Crippen molar-refractivity contribution in [2.24, 2.45) is 0 Å². The van der Waals surface area contributed by atoms with Gasteiger partial charge in [-0.1, -0.05) is 18.2 Å². The molecule has 0 spiro atoms. The lowest BCUT2D eigenvalue weighted by atomic mass is 10.2. The number of rotatable bonds is 1. The Balaban J connectivity index is 0. The number of alkyl halides is 6. The maximum absolute atomic E-state index is 12.1. The maximum Gasteiger partial charge on any atom is 0.494 e. The maximum atomic E-state index is 12.1. The molecular weight excluding hydrogens is 323 g/mol. The van der Waals surface area contributed by atoms with Gasteiger partial charge >= 0.3 is 12.6 Å². The Hall–Kier alpha value is -1.15. The van der Waals surface area contributed by atoms with Crippen LogP contribution in [0.15, 0.2) is 30.3 Å². The summed E-state index contributed by atoms with van der Waals surface area (Å²) in [5.41, 5.74) is -0.692. The Bertz CT molecular complexity index is 391. The van der Waals surface area contributed by atoms with Gasteiger partial charge < -0.3 is 0 Å². The van der Waals surface area contributed by atoms with Crippen molar-refractivity contribution in [3.05, 3.63) is 35.9 Å². The first kappa shape index (κ1) is 20.2. The first-order valence-corrected chi connectivity index (χ1v) is 4.17. The van der Waals surface area contributed by atoms with Crippen LogP contribution in [0.5, 0.6) is 0 Å². The van der Waals surface area contributed by atoms with Crippen molar-refractivity contribution < 1.29 is 31.1 Å². The van der Waals surface area contributed by atoms with Crippen LogP contribution in [-0.4, -0.2) is 23.4 Å². The van der Waals surface area contributed by atoms with Gasteiger partial charge in [-0.05, 0) is 12.1 Å². The second-order valence-corrected chi connectivity index (χ2v) is 2.94. The molecular formula is C9H7Cl2F6NO. The van der Waals surface area contributed by atoms with Crippen molar-refractivity contribution >= 4 is 30.7 Å². The molecule has 1 amide bonds. The summed E-state index contributed by atoms with van der Waals surface area (Å²) in [6.07, 6.45) is -11.6. The Labute approximate surface area is 116 Å². The molecule has 1 aromatic rings. The quantitative estimate of drug-likeness (QED) is 0.563. The molecule has 0 fully saturated rings. The van der Waals surface area contributed by atoms with E-state index in [0.717, 1.165) is 24.3 Å². The molecule has 2 nitrogen and oxygen atoms in total. The fraction of sp³-hybridized carbons (Fsp3) is 0.222. The molecule has 0 saturated carbocycles. The lowest BCUT2D eigenvalue weighted by Gasteiger charge is -2.26. The van der Waals surface area contributed by atoms with Crippen LogP contribution in [0.1, 0.15) is 10.4 Å². The van der Waals surface area contributed by atoms with Gasteiger partial charge in [-0.25, -0.2) is 0 Å². The van der Waals surface area contributed by atoms with E-state index in [-0.39, 0.29) is 24.8 Å². The van der Waals surface area contributed by atoms with E-state index in [9.17, 15) is 31.1 Å². The molecule has 1 aromatic carbocycles. The van der Waals surface area contributed by atoms with Gasteiger partial charge in [-0.2, -0.15) is 4.90 Å². The summed E-state index contributed by atoms with van der Waals surface area (Å²) in [5.74, 6) is -2.16. The molecule has 0 aliphatic heterocycles.